The fraction of sp³-hybridized carbons (Fsp3) is 0.562. The smallest absolute Gasteiger partial charge is 0.410 e. The van der Waals surface area contributed by atoms with Crippen LogP contribution < -0.4 is 5.73 Å². The maximum atomic E-state index is 12.2. The van der Waals surface area contributed by atoms with Crippen LogP contribution in [0.5, 0.6) is 0 Å². The van der Waals surface area contributed by atoms with Crippen molar-refractivity contribution in [1.82, 2.24) is 9.80 Å². The van der Waals surface area contributed by atoms with Crippen LogP contribution in [0.4, 0.5) is 4.79 Å². The number of hydrogen-bond acceptors (Lipinski definition) is 4. The molecule has 2 heterocycles. The first-order valence-corrected chi connectivity index (χ1v) is 7.67. The molecule has 1 amide bonds. The molecule has 7 heteroatoms. The quantitative estimate of drug-likeness (QED) is 0.896. The van der Waals surface area contributed by atoms with Gasteiger partial charge < -0.3 is 15.4 Å². The third-order valence-electron chi connectivity index (χ3n) is 4.31. The fourth-order valence-electron chi connectivity index (χ4n) is 3.08. The molecule has 1 aromatic rings. The van der Waals surface area contributed by atoms with E-state index in [0.29, 0.717) is 18.7 Å². The summed E-state index contributed by atoms with van der Waals surface area (Å²) in [5.41, 5.74) is 6.86. The summed E-state index contributed by atoms with van der Waals surface area (Å²) in [6, 6.07) is 10.5. The molecule has 2 aliphatic rings. The number of amides is 1. The fourth-order valence-corrected chi connectivity index (χ4v) is 3.08. The Labute approximate surface area is 150 Å². The summed E-state index contributed by atoms with van der Waals surface area (Å²) in [6.07, 6.45) is 1.99. The first-order valence-electron chi connectivity index (χ1n) is 7.67. The van der Waals surface area contributed by atoms with Gasteiger partial charge in [-0.05, 0) is 18.4 Å². The molecular weight excluding hydrogens is 337 g/mol. The van der Waals surface area contributed by atoms with Crippen LogP contribution in [0, 0.1) is 0 Å². The highest BCUT2D eigenvalue weighted by Crippen LogP contribution is 2.21. The molecule has 1 atom stereocenters. The number of nitrogens with two attached hydrogens (primary N) is 1. The normalized spacial score (nSPS) is 21.6. The Hall–Kier alpha value is -1.01. The lowest BCUT2D eigenvalue weighted by molar-refractivity contribution is 0.0309. The summed E-state index contributed by atoms with van der Waals surface area (Å²) in [5.74, 6) is 0. The highest BCUT2D eigenvalue weighted by molar-refractivity contribution is 5.85. The second-order valence-corrected chi connectivity index (χ2v) is 6.00. The molecule has 3 rings (SSSR count). The maximum Gasteiger partial charge on any atom is 0.410 e. The number of nitrogens with zero attached hydrogens (tertiary/aromatic N) is 2. The van der Waals surface area contributed by atoms with Gasteiger partial charge in [-0.15, -0.1) is 24.8 Å². The van der Waals surface area contributed by atoms with Crippen LogP contribution in [0.3, 0.4) is 0 Å². The molecule has 2 aliphatic heterocycles. The standard InChI is InChI=1S/C16H23N3O2.2ClH/c17-14-9-19(10-14)15-7-4-8-18(11-15)16(20)21-12-13-5-2-1-3-6-13;;/h1-3,5-6,14-15H,4,7-12,17H2;2*1H. The number of hydrogen-bond donors (Lipinski definition) is 1. The Morgan fingerprint density at radius 1 is 1.17 bits per heavy atom. The Morgan fingerprint density at radius 2 is 1.87 bits per heavy atom. The summed E-state index contributed by atoms with van der Waals surface area (Å²) in [4.78, 5) is 16.4. The first-order chi connectivity index (χ1) is 10.2. The molecule has 23 heavy (non-hydrogen) atoms. The Kier molecular flexibility index (Phi) is 8.12. The zero-order valence-corrected chi connectivity index (χ0v) is 14.7. The molecule has 2 saturated heterocycles. The highest BCUT2D eigenvalue weighted by atomic mass is 35.5. The number of rotatable bonds is 3. The molecule has 2 fully saturated rings. The van der Waals surface area contributed by atoms with Crippen molar-refractivity contribution in [3.05, 3.63) is 35.9 Å². The van der Waals surface area contributed by atoms with E-state index in [1.807, 2.05) is 35.2 Å². The molecule has 2 N–H and O–H groups in total. The van der Waals surface area contributed by atoms with Crippen LogP contribution in [0.1, 0.15) is 18.4 Å². The zero-order valence-electron chi connectivity index (χ0n) is 13.1. The molecule has 130 valence electrons. The summed E-state index contributed by atoms with van der Waals surface area (Å²) in [6.45, 7) is 3.81. The van der Waals surface area contributed by atoms with Crippen LogP contribution in [0.15, 0.2) is 30.3 Å². The number of piperidine rings is 1. The van der Waals surface area contributed by atoms with E-state index in [0.717, 1.165) is 44.6 Å². The van der Waals surface area contributed by atoms with Gasteiger partial charge in [-0.25, -0.2) is 4.79 Å². The SMILES string of the molecule is Cl.Cl.NC1CN(C2CCCN(C(=O)OCc3ccccc3)C2)C1. The van der Waals surface area contributed by atoms with Crippen LogP contribution in [-0.4, -0.2) is 54.2 Å². The number of ether oxygens (including phenoxy) is 1. The van der Waals surface area contributed by atoms with Crippen molar-refractivity contribution in [2.75, 3.05) is 26.2 Å². The van der Waals surface area contributed by atoms with Gasteiger partial charge in [0.2, 0.25) is 0 Å². The van der Waals surface area contributed by atoms with Gasteiger partial charge >= 0.3 is 6.09 Å². The van der Waals surface area contributed by atoms with Gasteiger partial charge in [0.25, 0.3) is 0 Å². The van der Waals surface area contributed by atoms with Crippen molar-refractivity contribution in [1.29, 1.82) is 0 Å². The zero-order chi connectivity index (χ0) is 14.7. The van der Waals surface area contributed by atoms with Crippen molar-refractivity contribution in [2.45, 2.75) is 31.5 Å². The van der Waals surface area contributed by atoms with Crippen LogP contribution in [-0.2, 0) is 11.3 Å². The predicted molar refractivity (Wildman–Crippen MR) is 95.3 cm³/mol. The average molecular weight is 362 g/mol. The van der Waals surface area contributed by atoms with Crippen molar-refractivity contribution in [2.24, 2.45) is 5.73 Å². The molecular formula is C16H25Cl2N3O2. The van der Waals surface area contributed by atoms with Gasteiger partial charge in [0, 0.05) is 38.3 Å². The van der Waals surface area contributed by atoms with Gasteiger partial charge in [-0.1, -0.05) is 30.3 Å². The lowest BCUT2D eigenvalue weighted by atomic mass is 9.99. The predicted octanol–water partition coefficient (Wildman–Crippen LogP) is 2.27. The monoisotopic (exact) mass is 361 g/mol. The minimum atomic E-state index is -0.201. The van der Waals surface area contributed by atoms with Crippen molar-refractivity contribution in [3.63, 3.8) is 0 Å². The number of benzene rings is 1. The molecule has 0 bridgehead atoms. The minimum Gasteiger partial charge on any atom is -0.445 e. The number of likely N-dealkylation sites (tertiary alicyclic amines) is 2. The number of carbonyl (C=O) groups excluding carboxylic acids is 1. The minimum absolute atomic E-state index is 0. The molecule has 1 unspecified atom stereocenters. The van der Waals surface area contributed by atoms with E-state index < -0.39 is 0 Å². The van der Waals surface area contributed by atoms with E-state index in [-0.39, 0.29) is 30.9 Å². The van der Waals surface area contributed by atoms with Gasteiger partial charge in [0.05, 0.1) is 0 Å². The van der Waals surface area contributed by atoms with E-state index in [1.165, 1.54) is 0 Å². The van der Waals surface area contributed by atoms with Crippen LogP contribution in [0.2, 0.25) is 0 Å². The summed E-state index contributed by atoms with van der Waals surface area (Å²) < 4.78 is 5.41. The third-order valence-corrected chi connectivity index (χ3v) is 4.31. The Balaban J connectivity index is 0.00000132. The molecule has 0 spiro atoms. The summed E-state index contributed by atoms with van der Waals surface area (Å²) in [5, 5.41) is 0. The summed E-state index contributed by atoms with van der Waals surface area (Å²) >= 11 is 0. The highest BCUT2D eigenvalue weighted by Gasteiger charge is 2.34. The number of halogens is 2. The van der Waals surface area contributed by atoms with E-state index in [1.54, 1.807) is 0 Å². The molecule has 0 aromatic heterocycles. The van der Waals surface area contributed by atoms with E-state index in [4.69, 9.17) is 10.5 Å². The average Bonchev–Trinajstić information content (AvgIpc) is 2.50. The van der Waals surface area contributed by atoms with Gasteiger partial charge in [0.15, 0.2) is 0 Å². The van der Waals surface area contributed by atoms with E-state index in [2.05, 4.69) is 4.90 Å². The largest absolute Gasteiger partial charge is 0.445 e. The van der Waals surface area contributed by atoms with Crippen molar-refractivity contribution in [3.8, 4) is 0 Å². The third kappa shape index (κ3) is 5.24. The lowest BCUT2D eigenvalue weighted by Crippen LogP contribution is -2.62. The Bertz CT molecular complexity index is 483. The Morgan fingerprint density at radius 3 is 2.52 bits per heavy atom. The topological polar surface area (TPSA) is 58.8 Å². The van der Waals surface area contributed by atoms with Crippen LogP contribution in [0.25, 0.3) is 0 Å². The lowest BCUT2D eigenvalue weighted by Gasteiger charge is -2.46. The van der Waals surface area contributed by atoms with Crippen LogP contribution >= 0.6 is 24.8 Å². The van der Waals surface area contributed by atoms with Gasteiger partial charge in [-0.3, -0.25) is 4.90 Å². The second-order valence-electron chi connectivity index (χ2n) is 6.00. The molecule has 0 aliphatic carbocycles. The molecule has 5 nitrogen and oxygen atoms in total. The van der Waals surface area contributed by atoms with E-state index >= 15 is 0 Å². The maximum absolute atomic E-state index is 12.2. The number of carbonyl (C=O) groups is 1. The molecule has 0 saturated carbocycles. The summed E-state index contributed by atoms with van der Waals surface area (Å²) in [7, 11) is 0. The first kappa shape index (κ1) is 20.0. The molecule has 0 radical (unpaired) electrons. The molecule has 1 aromatic carbocycles. The second kappa shape index (κ2) is 9.33. The van der Waals surface area contributed by atoms with Gasteiger partial charge in [0.1, 0.15) is 6.61 Å². The van der Waals surface area contributed by atoms with Crippen molar-refractivity contribution < 1.29 is 9.53 Å². The van der Waals surface area contributed by atoms with Gasteiger partial charge in [-0.2, -0.15) is 0 Å². The van der Waals surface area contributed by atoms with Crippen molar-refractivity contribution >= 4 is 30.9 Å². The van der Waals surface area contributed by atoms with E-state index in [9.17, 15) is 4.79 Å².